The molecule has 0 aliphatic carbocycles. The molecule has 0 radical (unpaired) electrons. The second kappa shape index (κ2) is 8.10. The number of likely N-dealkylation sites (tertiary alicyclic amines) is 1. The third-order valence-electron chi connectivity index (χ3n) is 4.52. The quantitative estimate of drug-likeness (QED) is 0.875. The summed E-state index contributed by atoms with van der Waals surface area (Å²) >= 11 is 7.42. The molecule has 2 aromatic rings. The smallest absolute Gasteiger partial charge is 0.273 e. The van der Waals surface area contributed by atoms with Crippen LogP contribution in [0.1, 0.15) is 29.8 Å². The van der Waals surface area contributed by atoms with E-state index in [0.717, 1.165) is 49.0 Å². The molecule has 0 saturated carbocycles. The van der Waals surface area contributed by atoms with Crippen molar-refractivity contribution in [3.63, 3.8) is 0 Å². The van der Waals surface area contributed by atoms with Crippen molar-refractivity contribution in [1.29, 1.82) is 0 Å². The third-order valence-corrected chi connectivity index (χ3v) is 5.66. The lowest BCUT2D eigenvalue weighted by molar-refractivity contribution is 0.0682. The van der Waals surface area contributed by atoms with E-state index < -0.39 is 0 Å². The van der Waals surface area contributed by atoms with E-state index in [-0.39, 0.29) is 5.91 Å². The van der Waals surface area contributed by atoms with Crippen LogP contribution in [0.4, 0.5) is 0 Å². The molecule has 1 amide bonds. The average molecular weight is 364 g/mol. The Morgan fingerprint density at radius 1 is 1.33 bits per heavy atom. The molecule has 1 saturated heterocycles. The monoisotopic (exact) mass is 363 g/mol. The van der Waals surface area contributed by atoms with Gasteiger partial charge in [-0.15, -0.1) is 11.3 Å². The van der Waals surface area contributed by atoms with Gasteiger partial charge in [0.2, 0.25) is 0 Å². The zero-order chi connectivity index (χ0) is 16.9. The maximum absolute atomic E-state index is 12.7. The van der Waals surface area contributed by atoms with Crippen molar-refractivity contribution in [1.82, 2.24) is 15.2 Å². The van der Waals surface area contributed by atoms with Crippen LogP contribution in [0.25, 0.3) is 10.6 Å². The topological polar surface area (TPSA) is 45.2 Å². The number of halogens is 1. The van der Waals surface area contributed by atoms with Crippen LogP contribution in [0.15, 0.2) is 29.6 Å². The number of carbonyl (C=O) groups excluding carboxylic acids is 1. The lowest BCUT2D eigenvalue weighted by Gasteiger charge is -2.31. The first-order valence-corrected chi connectivity index (χ1v) is 9.58. The molecule has 2 heterocycles. The molecule has 0 bridgehead atoms. The average Bonchev–Trinajstić information content (AvgIpc) is 3.10. The molecular formula is C18H22ClN3OS. The normalized spacial score (nSPS) is 15.7. The van der Waals surface area contributed by atoms with Gasteiger partial charge in [-0.05, 0) is 50.9 Å². The van der Waals surface area contributed by atoms with Crippen LogP contribution in [0, 0.1) is 5.92 Å². The van der Waals surface area contributed by atoms with Gasteiger partial charge in [-0.25, -0.2) is 4.98 Å². The number of aromatic nitrogens is 1. The standard InChI is InChI=1S/C18H22ClN3OS/c1-20-9-6-13-7-10-22(11-8-13)18(23)16-12-24-17(21-16)14-2-4-15(19)5-3-14/h2-5,12-13,20H,6-11H2,1H3. The molecule has 4 nitrogen and oxygen atoms in total. The Labute approximate surface area is 151 Å². The molecule has 1 aliphatic rings. The molecule has 1 aliphatic heterocycles. The van der Waals surface area contributed by atoms with Crippen molar-refractivity contribution < 1.29 is 4.79 Å². The number of piperidine rings is 1. The Bertz CT molecular complexity index is 678. The van der Waals surface area contributed by atoms with Crippen molar-refractivity contribution in [3.8, 4) is 10.6 Å². The van der Waals surface area contributed by atoms with Gasteiger partial charge in [0, 0.05) is 29.1 Å². The molecule has 1 N–H and O–H groups in total. The van der Waals surface area contributed by atoms with E-state index in [4.69, 9.17) is 11.6 Å². The van der Waals surface area contributed by atoms with Gasteiger partial charge >= 0.3 is 0 Å². The molecule has 128 valence electrons. The number of thiazole rings is 1. The first kappa shape index (κ1) is 17.4. The van der Waals surface area contributed by atoms with Crippen LogP contribution in [-0.2, 0) is 0 Å². The molecule has 6 heteroatoms. The van der Waals surface area contributed by atoms with Crippen LogP contribution < -0.4 is 5.32 Å². The largest absolute Gasteiger partial charge is 0.337 e. The van der Waals surface area contributed by atoms with Gasteiger partial charge in [0.05, 0.1) is 0 Å². The third kappa shape index (κ3) is 4.15. The second-order valence-electron chi connectivity index (χ2n) is 6.17. The van der Waals surface area contributed by atoms with E-state index in [2.05, 4.69) is 10.3 Å². The second-order valence-corrected chi connectivity index (χ2v) is 7.47. The van der Waals surface area contributed by atoms with Gasteiger partial charge < -0.3 is 10.2 Å². The van der Waals surface area contributed by atoms with Crippen molar-refractivity contribution in [2.24, 2.45) is 5.92 Å². The van der Waals surface area contributed by atoms with E-state index in [1.807, 2.05) is 41.6 Å². The van der Waals surface area contributed by atoms with E-state index in [1.165, 1.54) is 17.8 Å². The Morgan fingerprint density at radius 3 is 2.71 bits per heavy atom. The molecule has 1 fully saturated rings. The minimum atomic E-state index is 0.0542. The summed E-state index contributed by atoms with van der Waals surface area (Å²) in [7, 11) is 1.99. The Hall–Kier alpha value is -1.43. The molecule has 0 unspecified atom stereocenters. The minimum absolute atomic E-state index is 0.0542. The highest BCUT2D eigenvalue weighted by Gasteiger charge is 2.24. The lowest BCUT2D eigenvalue weighted by Crippen LogP contribution is -2.39. The summed E-state index contributed by atoms with van der Waals surface area (Å²) in [5.41, 5.74) is 1.55. The number of rotatable bonds is 5. The molecular weight excluding hydrogens is 342 g/mol. The molecule has 0 spiro atoms. The number of nitrogens with zero attached hydrogens (tertiary/aromatic N) is 2. The predicted molar refractivity (Wildman–Crippen MR) is 99.7 cm³/mol. The summed E-state index contributed by atoms with van der Waals surface area (Å²) < 4.78 is 0. The van der Waals surface area contributed by atoms with Crippen molar-refractivity contribution >= 4 is 28.8 Å². The van der Waals surface area contributed by atoms with Crippen molar-refractivity contribution in [3.05, 3.63) is 40.4 Å². The first-order valence-electron chi connectivity index (χ1n) is 8.32. The summed E-state index contributed by atoms with van der Waals surface area (Å²) in [6, 6.07) is 7.55. The molecule has 24 heavy (non-hydrogen) atoms. The molecule has 1 aromatic carbocycles. The van der Waals surface area contributed by atoms with Crippen LogP contribution in [-0.4, -0.2) is 42.5 Å². The zero-order valence-corrected chi connectivity index (χ0v) is 15.4. The molecule has 3 rings (SSSR count). The Balaban J connectivity index is 1.61. The number of benzene rings is 1. The first-order chi connectivity index (χ1) is 11.7. The summed E-state index contributed by atoms with van der Waals surface area (Å²) in [6.07, 6.45) is 3.36. The highest BCUT2D eigenvalue weighted by Crippen LogP contribution is 2.27. The van der Waals surface area contributed by atoms with Gasteiger partial charge in [0.25, 0.3) is 5.91 Å². The van der Waals surface area contributed by atoms with Crippen LogP contribution >= 0.6 is 22.9 Å². The van der Waals surface area contributed by atoms with E-state index in [1.54, 1.807) is 0 Å². The number of amides is 1. The summed E-state index contributed by atoms with van der Waals surface area (Å²) in [5.74, 6) is 0.778. The van der Waals surface area contributed by atoms with E-state index >= 15 is 0 Å². The number of hydrogen-bond acceptors (Lipinski definition) is 4. The zero-order valence-electron chi connectivity index (χ0n) is 13.8. The van der Waals surface area contributed by atoms with Gasteiger partial charge in [-0.1, -0.05) is 23.7 Å². The maximum atomic E-state index is 12.7. The summed E-state index contributed by atoms with van der Waals surface area (Å²) in [6.45, 7) is 2.72. The van der Waals surface area contributed by atoms with Crippen LogP contribution in [0.3, 0.4) is 0 Å². The van der Waals surface area contributed by atoms with Gasteiger partial charge in [-0.3, -0.25) is 4.79 Å². The highest BCUT2D eigenvalue weighted by molar-refractivity contribution is 7.13. The SMILES string of the molecule is CNCCC1CCN(C(=O)c2csc(-c3ccc(Cl)cc3)n2)CC1. The Morgan fingerprint density at radius 2 is 2.04 bits per heavy atom. The van der Waals surface area contributed by atoms with Crippen molar-refractivity contribution in [2.75, 3.05) is 26.7 Å². The van der Waals surface area contributed by atoms with Crippen molar-refractivity contribution in [2.45, 2.75) is 19.3 Å². The summed E-state index contributed by atoms with van der Waals surface area (Å²) in [4.78, 5) is 19.1. The minimum Gasteiger partial charge on any atom is -0.337 e. The van der Waals surface area contributed by atoms with E-state index in [9.17, 15) is 4.79 Å². The van der Waals surface area contributed by atoms with E-state index in [0.29, 0.717) is 10.7 Å². The number of hydrogen-bond donors (Lipinski definition) is 1. The van der Waals surface area contributed by atoms with Gasteiger partial charge in [-0.2, -0.15) is 0 Å². The fourth-order valence-corrected chi connectivity index (χ4v) is 3.96. The van der Waals surface area contributed by atoms with Crippen LogP contribution in [0.2, 0.25) is 5.02 Å². The fourth-order valence-electron chi connectivity index (χ4n) is 3.03. The summed E-state index contributed by atoms with van der Waals surface area (Å²) in [5, 5.41) is 6.62. The predicted octanol–water partition coefficient (Wildman–Crippen LogP) is 3.93. The number of nitrogens with one attached hydrogen (secondary N) is 1. The molecule has 0 atom stereocenters. The molecule has 1 aromatic heterocycles. The number of carbonyl (C=O) groups is 1. The maximum Gasteiger partial charge on any atom is 0.273 e. The Kier molecular flexibility index (Phi) is 5.87. The fraction of sp³-hybridized carbons (Fsp3) is 0.444. The van der Waals surface area contributed by atoms with Gasteiger partial charge in [0.1, 0.15) is 10.7 Å². The highest BCUT2D eigenvalue weighted by atomic mass is 35.5. The van der Waals surface area contributed by atoms with Crippen LogP contribution in [0.5, 0.6) is 0 Å². The lowest BCUT2D eigenvalue weighted by atomic mass is 9.93. The van der Waals surface area contributed by atoms with Gasteiger partial charge in [0.15, 0.2) is 0 Å².